The summed E-state index contributed by atoms with van der Waals surface area (Å²) in [4.78, 5) is 0. The molecule has 2 atom stereocenters. The smallest absolute Gasteiger partial charge is 0.223 e. The topological polar surface area (TPSA) is 136 Å². The van der Waals surface area contributed by atoms with Crippen LogP contribution in [-0.4, -0.2) is 20.6 Å². The highest BCUT2D eigenvalue weighted by molar-refractivity contribution is 5.60. The lowest BCUT2D eigenvalue weighted by atomic mass is 10.2. The summed E-state index contributed by atoms with van der Waals surface area (Å²) in [5.74, 6) is -1.62. The van der Waals surface area contributed by atoms with Crippen LogP contribution in [0.4, 0.5) is 11.4 Å². The largest absolute Gasteiger partial charge is 0.595 e. The quantitative estimate of drug-likeness (QED) is 0.185. The summed E-state index contributed by atoms with van der Waals surface area (Å²) in [6.07, 6.45) is 0. The zero-order valence-corrected chi connectivity index (χ0v) is 6.76. The minimum Gasteiger partial charge on any atom is -0.595 e. The highest BCUT2D eigenvalue weighted by Crippen LogP contribution is 2.32. The Morgan fingerprint density at radius 2 is 1.57 bits per heavy atom. The SMILES string of the molecule is [O-][NH+](O)c1cc(O)c(O)c([NH+]([O-])O)c1. The second-order valence-electron chi connectivity index (χ2n) is 2.50. The molecular formula is C6H8N2O6. The van der Waals surface area contributed by atoms with Gasteiger partial charge in [0.05, 0.1) is 6.07 Å². The summed E-state index contributed by atoms with van der Waals surface area (Å²) >= 11 is 0. The minimum atomic E-state index is -1.51. The first kappa shape index (κ1) is 10.7. The monoisotopic (exact) mass is 204 g/mol. The lowest BCUT2D eigenvalue weighted by molar-refractivity contribution is -0.996. The maximum Gasteiger partial charge on any atom is 0.223 e. The van der Waals surface area contributed by atoms with Crippen LogP contribution in [0.3, 0.4) is 0 Å². The van der Waals surface area contributed by atoms with Crippen LogP contribution in [0.5, 0.6) is 11.5 Å². The Bertz CT molecular complexity index is 339. The van der Waals surface area contributed by atoms with Crippen molar-refractivity contribution in [3.05, 3.63) is 22.5 Å². The third kappa shape index (κ3) is 1.90. The normalized spacial score (nSPS) is 15.1. The number of aromatic hydroxyl groups is 2. The molecule has 0 heterocycles. The van der Waals surface area contributed by atoms with Crippen LogP contribution >= 0.6 is 0 Å². The van der Waals surface area contributed by atoms with Crippen molar-refractivity contribution in [1.29, 1.82) is 0 Å². The molecule has 6 N–H and O–H groups in total. The molecule has 0 aliphatic heterocycles. The fourth-order valence-corrected chi connectivity index (χ4v) is 0.906. The molecule has 8 nitrogen and oxygen atoms in total. The molecule has 0 amide bonds. The molecular weight excluding hydrogens is 196 g/mol. The van der Waals surface area contributed by atoms with E-state index in [1.54, 1.807) is 0 Å². The number of phenols is 2. The van der Waals surface area contributed by atoms with Crippen molar-refractivity contribution in [2.75, 3.05) is 0 Å². The zero-order valence-electron chi connectivity index (χ0n) is 6.76. The predicted octanol–water partition coefficient (Wildman–Crippen LogP) is -2.10. The fraction of sp³-hybridized carbons (Fsp3) is 0. The minimum absolute atomic E-state index is 0.405. The van der Waals surface area contributed by atoms with E-state index < -0.39 is 33.3 Å². The maximum absolute atomic E-state index is 10.5. The summed E-state index contributed by atoms with van der Waals surface area (Å²) in [6, 6.07) is 1.53. The molecule has 8 heteroatoms. The molecule has 1 rings (SSSR count). The van der Waals surface area contributed by atoms with Crippen LogP contribution in [-0.2, 0) is 0 Å². The van der Waals surface area contributed by atoms with Crippen LogP contribution in [0.2, 0.25) is 0 Å². The summed E-state index contributed by atoms with van der Waals surface area (Å²) in [6.45, 7) is 0. The second-order valence-corrected chi connectivity index (χ2v) is 2.50. The van der Waals surface area contributed by atoms with Crippen LogP contribution in [0, 0.1) is 10.4 Å². The molecule has 0 saturated carbocycles. The lowest BCUT2D eigenvalue weighted by Gasteiger charge is -2.16. The third-order valence-electron chi connectivity index (χ3n) is 1.57. The van der Waals surface area contributed by atoms with E-state index in [2.05, 4.69) is 0 Å². The second kappa shape index (κ2) is 3.75. The number of hydrogen-bond acceptors (Lipinski definition) is 6. The van der Waals surface area contributed by atoms with Gasteiger partial charge in [-0.05, 0) is 0 Å². The average molecular weight is 204 g/mol. The summed E-state index contributed by atoms with van der Waals surface area (Å²) in [5, 5.41) is 53.1. The van der Waals surface area contributed by atoms with Crippen molar-refractivity contribution in [3.8, 4) is 11.5 Å². The van der Waals surface area contributed by atoms with Gasteiger partial charge in [-0.25, -0.2) is 10.4 Å². The van der Waals surface area contributed by atoms with Crippen molar-refractivity contribution < 1.29 is 31.1 Å². The number of nitrogens with one attached hydrogen (secondary N) is 2. The molecule has 78 valence electrons. The highest BCUT2D eigenvalue weighted by atomic mass is 16.8. The van der Waals surface area contributed by atoms with Gasteiger partial charge in [0, 0.05) is 6.07 Å². The van der Waals surface area contributed by atoms with Gasteiger partial charge in [-0.15, -0.1) is 0 Å². The van der Waals surface area contributed by atoms with Crippen molar-refractivity contribution in [1.82, 2.24) is 0 Å². The Hall–Kier alpha value is -1.42. The van der Waals surface area contributed by atoms with Gasteiger partial charge in [0.25, 0.3) is 0 Å². The standard InChI is InChI=1S/C6H8N2O6/c9-5-2-3(7(11)12)1-4(6(5)10)8(13)14/h1-2,7-11,13H. The van der Waals surface area contributed by atoms with Crippen LogP contribution in [0.25, 0.3) is 0 Å². The summed E-state index contributed by atoms with van der Waals surface area (Å²) in [5.41, 5.74) is -1.06. The predicted molar refractivity (Wildman–Crippen MR) is 41.3 cm³/mol. The molecule has 0 aromatic heterocycles. The van der Waals surface area contributed by atoms with E-state index in [0.29, 0.717) is 0 Å². The molecule has 0 bridgehead atoms. The number of phenolic OH excluding ortho intramolecular Hbond substituents is 2. The molecule has 0 aliphatic carbocycles. The first-order valence-corrected chi connectivity index (χ1v) is 3.46. The van der Waals surface area contributed by atoms with E-state index in [-0.39, 0.29) is 0 Å². The molecule has 1 aromatic rings. The Morgan fingerprint density at radius 3 is 2.00 bits per heavy atom. The molecule has 0 aliphatic rings. The Kier molecular flexibility index (Phi) is 2.86. The van der Waals surface area contributed by atoms with Gasteiger partial charge >= 0.3 is 0 Å². The van der Waals surface area contributed by atoms with Gasteiger partial charge in [-0.1, -0.05) is 0 Å². The number of quaternary nitrogens is 2. The van der Waals surface area contributed by atoms with Gasteiger partial charge in [-0.2, -0.15) is 10.5 Å². The van der Waals surface area contributed by atoms with E-state index in [9.17, 15) is 10.4 Å². The van der Waals surface area contributed by atoms with E-state index in [0.717, 1.165) is 12.1 Å². The number of rotatable bonds is 2. The maximum atomic E-state index is 10.5. The Labute approximate surface area is 77.5 Å². The van der Waals surface area contributed by atoms with E-state index in [1.165, 1.54) is 0 Å². The van der Waals surface area contributed by atoms with Gasteiger partial charge in [-0.3, -0.25) is 0 Å². The Morgan fingerprint density at radius 1 is 1.00 bits per heavy atom. The van der Waals surface area contributed by atoms with Crippen molar-refractivity contribution >= 4 is 11.4 Å². The van der Waals surface area contributed by atoms with Crippen molar-refractivity contribution in [2.45, 2.75) is 0 Å². The average Bonchev–Trinajstić information content (AvgIpc) is 2.08. The molecule has 1 aromatic carbocycles. The Balaban J connectivity index is 3.28. The lowest BCUT2D eigenvalue weighted by Crippen LogP contribution is -3.00. The molecule has 0 spiro atoms. The molecule has 0 saturated heterocycles. The van der Waals surface area contributed by atoms with E-state index in [1.807, 2.05) is 0 Å². The van der Waals surface area contributed by atoms with E-state index >= 15 is 0 Å². The summed E-state index contributed by atoms with van der Waals surface area (Å²) in [7, 11) is 0. The van der Waals surface area contributed by atoms with Crippen LogP contribution < -0.4 is 10.5 Å². The van der Waals surface area contributed by atoms with Gasteiger partial charge < -0.3 is 20.6 Å². The molecule has 0 fully saturated rings. The summed E-state index contributed by atoms with van der Waals surface area (Å²) < 4.78 is 0. The fourth-order valence-electron chi connectivity index (χ4n) is 0.906. The van der Waals surface area contributed by atoms with Gasteiger partial charge in [0.2, 0.25) is 11.4 Å². The highest BCUT2D eigenvalue weighted by Gasteiger charge is 2.17. The first-order chi connectivity index (χ1) is 6.43. The van der Waals surface area contributed by atoms with Crippen molar-refractivity contribution in [3.63, 3.8) is 0 Å². The molecule has 14 heavy (non-hydrogen) atoms. The molecule has 2 unspecified atom stereocenters. The van der Waals surface area contributed by atoms with Crippen molar-refractivity contribution in [2.24, 2.45) is 0 Å². The number of benzene rings is 1. The van der Waals surface area contributed by atoms with E-state index in [4.69, 9.17) is 20.6 Å². The van der Waals surface area contributed by atoms with Crippen LogP contribution in [0.15, 0.2) is 12.1 Å². The third-order valence-corrected chi connectivity index (χ3v) is 1.57. The molecule has 0 radical (unpaired) electrons. The van der Waals surface area contributed by atoms with Gasteiger partial charge in [0.1, 0.15) is 0 Å². The first-order valence-electron chi connectivity index (χ1n) is 3.46. The van der Waals surface area contributed by atoms with Crippen LogP contribution in [0.1, 0.15) is 0 Å². The zero-order chi connectivity index (χ0) is 10.9. The number of hydrogen-bond donors (Lipinski definition) is 6. The van der Waals surface area contributed by atoms with Gasteiger partial charge in [0.15, 0.2) is 11.4 Å².